The highest BCUT2D eigenvalue weighted by atomic mass is 32.1. The van der Waals surface area contributed by atoms with Crippen LogP contribution in [0.3, 0.4) is 0 Å². The topological polar surface area (TPSA) is 74.2 Å². The second-order valence-corrected chi connectivity index (χ2v) is 7.48. The Labute approximate surface area is 167 Å². The molecule has 0 fully saturated rings. The van der Waals surface area contributed by atoms with E-state index < -0.39 is 17.6 Å². The van der Waals surface area contributed by atoms with Crippen LogP contribution in [0.25, 0.3) is 17.3 Å². The number of benzene rings is 2. The SMILES string of the molecule is O=C(/C=C/c1ccc2c(c1)Cc1sc(Nc3cccc(C(F)(F)F)c3)nc1-2)NO. The highest BCUT2D eigenvalue weighted by Gasteiger charge is 2.30. The molecule has 2 aromatic carbocycles. The predicted molar refractivity (Wildman–Crippen MR) is 104 cm³/mol. The predicted octanol–water partition coefficient (Wildman–Crippen LogP) is 5.00. The number of fused-ring (bicyclic) bond motifs is 3. The first-order valence-electron chi connectivity index (χ1n) is 8.53. The van der Waals surface area contributed by atoms with E-state index in [2.05, 4.69) is 10.3 Å². The van der Waals surface area contributed by atoms with Gasteiger partial charge in [-0.25, -0.2) is 10.5 Å². The van der Waals surface area contributed by atoms with Crippen molar-refractivity contribution in [3.63, 3.8) is 0 Å². The lowest BCUT2D eigenvalue weighted by Gasteiger charge is -2.09. The van der Waals surface area contributed by atoms with Gasteiger partial charge in [-0.2, -0.15) is 13.2 Å². The molecule has 29 heavy (non-hydrogen) atoms. The highest BCUT2D eigenvalue weighted by Crippen LogP contribution is 2.42. The van der Waals surface area contributed by atoms with Gasteiger partial charge < -0.3 is 5.32 Å². The zero-order chi connectivity index (χ0) is 20.6. The number of rotatable bonds is 4. The molecule has 0 bridgehead atoms. The lowest BCUT2D eigenvalue weighted by Crippen LogP contribution is -2.14. The van der Waals surface area contributed by atoms with Crippen LogP contribution in [-0.4, -0.2) is 16.1 Å². The van der Waals surface area contributed by atoms with Crippen molar-refractivity contribution in [1.29, 1.82) is 0 Å². The molecule has 4 rings (SSSR count). The van der Waals surface area contributed by atoms with E-state index >= 15 is 0 Å². The number of hydrogen-bond donors (Lipinski definition) is 3. The lowest BCUT2D eigenvalue weighted by molar-refractivity contribution is -0.137. The number of hydroxylamine groups is 1. The first kappa shape index (κ1) is 19.2. The Morgan fingerprint density at radius 3 is 2.79 bits per heavy atom. The van der Waals surface area contributed by atoms with Crippen molar-refractivity contribution >= 4 is 34.1 Å². The number of nitrogens with one attached hydrogen (secondary N) is 2. The lowest BCUT2D eigenvalue weighted by atomic mass is 10.1. The van der Waals surface area contributed by atoms with Crippen LogP contribution in [0.15, 0.2) is 48.5 Å². The van der Waals surface area contributed by atoms with Crippen LogP contribution >= 0.6 is 11.3 Å². The van der Waals surface area contributed by atoms with Crippen molar-refractivity contribution < 1.29 is 23.2 Å². The van der Waals surface area contributed by atoms with Crippen LogP contribution in [0.4, 0.5) is 24.0 Å². The number of alkyl halides is 3. The van der Waals surface area contributed by atoms with Crippen LogP contribution in [0.5, 0.6) is 0 Å². The summed E-state index contributed by atoms with van der Waals surface area (Å²) in [6.45, 7) is 0. The number of halogens is 3. The van der Waals surface area contributed by atoms with Gasteiger partial charge in [0.05, 0.1) is 11.3 Å². The number of carbonyl (C=O) groups excluding carboxylic acids is 1. The van der Waals surface area contributed by atoms with Gasteiger partial charge in [-0.1, -0.05) is 24.3 Å². The van der Waals surface area contributed by atoms with Gasteiger partial charge in [-0.15, -0.1) is 11.3 Å². The number of aromatic nitrogens is 1. The van der Waals surface area contributed by atoms with E-state index in [1.807, 2.05) is 18.2 Å². The molecule has 9 heteroatoms. The number of nitrogens with zero attached hydrogens (tertiary/aromatic N) is 1. The highest BCUT2D eigenvalue weighted by molar-refractivity contribution is 7.16. The normalized spacial score (nSPS) is 12.7. The van der Waals surface area contributed by atoms with Gasteiger partial charge in [-0.05, 0) is 35.4 Å². The summed E-state index contributed by atoms with van der Waals surface area (Å²) in [6.07, 6.45) is -0.931. The fourth-order valence-electron chi connectivity index (χ4n) is 3.11. The molecule has 1 aliphatic rings. The van der Waals surface area contributed by atoms with Gasteiger partial charge in [0.1, 0.15) is 0 Å². The van der Waals surface area contributed by atoms with E-state index in [9.17, 15) is 18.0 Å². The van der Waals surface area contributed by atoms with E-state index in [0.29, 0.717) is 17.2 Å². The van der Waals surface area contributed by atoms with Crippen molar-refractivity contribution in [1.82, 2.24) is 10.5 Å². The van der Waals surface area contributed by atoms with Crippen molar-refractivity contribution in [3.8, 4) is 11.3 Å². The second kappa shape index (κ2) is 7.34. The molecule has 0 unspecified atom stereocenters. The molecular formula is C20H14F3N3O2S. The second-order valence-electron chi connectivity index (χ2n) is 6.40. The molecule has 1 amide bonds. The Bertz CT molecular complexity index is 1120. The van der Waals surface area contributed by atoms with Gasteiger partial charge >= 0.3 is 6.18 Å². The van der Waals surface area contributed by atoms with Gasteiger partial charge in [-0.3, -0.25) is 10.0 Å². The van der Waals surface area contributed by atoms with Crippen molar-refractivity contribution in [2.75, 3.05) is 5.32 Å². The summed E-state index contributed by atoms with van der Waals surface area (Å²) in [5, 5.41) is 12.0. The Kier molecular flexibility index (Phi) is 4.85. The number of carbonyl (C=O) groups is 1. The Balaban J connectivity index is 1.55. The van der Waals surface area contributed by atoms with Crippen LogP contribution in [0.1, 0.15) is 21.6 Å². The molecule has 0 saturated carbocycles. The molecule has 0 aliphatic heterocycles. The molecule has 0 radical (unpaired) electrons. The van der Waals surface area contributed by atoms with Gasteiger partial charge in [0.15, 0.2) is 5.13 Å². The first-order chi connectivity index (χ1) is 13.8. The monoisotopic (exact) mass is 417 g/mol. The van der Waals surface area contributed by atoms with Crippen molar-refractivity contribution in [3.05, 3.63) is 70.1 Å². The largest absolute Gasteiger partial charge is 0.416 e. The minimum absolute atomic E-state index is 0.329. The van der Waals surface area contributed by atoms with Gasteiger partial charge in [0.25, 0.3) is 5.91 Å². The van der Waals surface area contributed by atoms with Crippen molar-refractivity contribution in [2.24, 2.45) is 0 Å². The van der Waals surface area contributed by atoms with E-state index in [1.54, 1.807) is 12.1 Å². The minimum Gasteiger partial charge on any atom is -0.332 e. The number of anilines is 2. The average molecular weight is 417 g/mol. The molecule has 0 saturated heterocycles. The van der Waals surface area contributed by atoms with Crippen LogP contribution in [0, 0.1) is 0 Å². The van der Waals surface area contributed by atoms with E-state index in [-0.39, 0.29) is 0 Å². The van der Waals surface area contributed by atoms with Crippen molar-refractivity contribution in [2.45, 2.75) is 12.6 Å². The Morgan fingerprint density at radius 2 is 2.03 bits per heavy atom. The summed E-state index contributed by atoms with van der Waals surface area (Å²) in [5.41, 5.74) is 4.77. The molecule has 148 valence electrons. The maximum absolute atomic E-state index is 12.9. The maximum atomic E-state index is 12.9. The average Bonchev–Trinajstić information content (AvgIpc) is 3.22. The van der Waals surface area contributed by atoms with Crippen LogP contribution in [0.2, 0.25) is 0 Å². The fourth-order valence-corrected chi connectivity index (χ4v) is 4.13. The van der Waals surface area contributed by atoms with E-state index in [4.69, 9.17) is 5.21 Å². The zero-order valence-corrected chi connectivity index (χ0v) is 15.6. The first-order valence-corrected chi connectivity index (χ1v) is 9.34. The summed E-state index contributed by atoms with van der Waals surface area (Å²) < 4.78 is 38.6. The Hall–Kier alpha value is -3.17. The van der Waals surface area contributed by atoms with Crippen LogP contribution in [-0.2, 0) is 17.4 Å². The van der Waals surface area contributed by atoms with Gasteiger partial charge in [0, 0.05) is 28.6 Å². The number of amides is 1. The smallest absolute Gasteiger partial charge is 0.332 e. The molecule has 0 atom stereocenters. The molecule has 1 aliphatic carbocycles. The van der Waals surface area contributed by atoms with E-state index in [1.165, 1.54) is 29.0 Å². The summed E-state index contributed by atoms with van der Waals surface area (Å²) in [6, 6.07) is 10.7. The molecule has 0 spiro atoms. The third-order valence-corrected chi connectivity index (χ3v) is 5.38. The summed E-state index contributed by atoms with van der Waals surface area (Å²) in [4.78, 5) is 16.7. The minimum atomic E-state index is -4.40. The Morgan fingerprint density at radius 1 is 1.21 bits per heavy atom. The van der Waals surface area contributed by atoms with Gasteiger partial charge in [0.2, 0.25) is 0 Å². The molecule has 3 aromatic rings. The zero-order valence-electron chi connectivity index (χ0n) is 14.7. The summed E-state index contributed by atoms with van der Waals surface area (Å²) in [7, 11) is 0. The molecule has 5 nitrogen and oxygen atoms in total. The quantitative estimate of drug-likeness (QED) is 0.248. The van der Waals surface area contributed by atoms with Crippen LogP contribution < -0.4 is 10.8 Å². The third-order valence-electron chi connectivity index (χ3n) is 4.41. The fraction of sp³-hybridized carbons (Fsp3) is 0.100. The molecule has 1 heterocycles. The molecule has 1 aromatic heterocycles. The van der Waals surface area contributed by atoms with E-state index in [0.717, 1.165) is 39.4 Å². The third kappa shape index (κ3) is 4.01. The molecular weight excluding hydrogens is 403 g/mol. The maximum Gasteiger partial charge on any atom is 0.416 e. The standard InChI is InChI=1S/C20H14F3N3O2S/c21-20(22,23)13-2-1-3-14(10-13)24-19-25-18-15-6-4-11(5-7-17(27)26-28)8-12(15)9-16(18)29-19/h1-8,10,28H,9H2,(H,24,25)(H,26,27)/b7-5+. The molecule has 3 N–H and O–H groups in total. The number of thiazole rings is 1. The number of hydrogen-bond acceptors (Lipinski definition) is 5. The summed E-state index contributed by atoms with van der Waals surface area (Å²) >= 11 is 1.40. The summed E-state index contributed by atoms with van der Waals surface area (Å²) in [5.74, 6) is -0.614.